The predicted octanol–water partition coefficient (Wildman–Crippen LogP) is 4.19. The van der Waals surface area contributed by atoms with Crippen LogP contribution in [-0.4, -0.2) is 74.3 Å². The number of rotatable bonds is 8. The standard InChI is InChI=1S/C34H46N4O5/c1-22(2)28-31(41)38(27(25-17-13-10-14-18-25)20-36(28)32(42)33(4,5)6)37(23(3)39)26(19-24-15-11-9-12-16-24)29(40)30-35-34(7,8)21-43-30/h9-18,20,22,26,28-30,35,40H,19,21H2,1-8H3/t26-,28?,29?,30?/m0/s1. The summed E-state index contributed by atoms with van der Waals surface area (Å²) < 4.78 is 5.98. The summed E-state index contributed by atoms with van der Waals surface area (Å²) in [5.74, 6) is -1.31. The van der Waals surface area contributed by atoms with Crippen molar-refractivity contribution < 1.29 is 24.2 Å². The summed E-state index contributed by atoms with van der Waals surface area (Å²) in [6, 6.07) is 17.0. The highest BCUT2D eigenvalue weighted by molar-refractivity contribution is 5.99. The van der Waals surface area contributed by atoms with E-state index in [0.717, 1.165) is 5.56 Å². The fourth-order valence-corrected chi connectivity index (χ4v) is 5.72. The van der Waals surface area contributed by atoms with Crippen molar-refractivity contribution in [2.24, 2.45) is 11.3 Å². The van der Waals surface area contributed by atoms with Crippen LogP contribution in [0.5, 0.6) is 0 Å². The van der Waals surface area contributed by atoms with E-state index in [-0.39, 0.29) is 23.8 Å². The van der Waals surface area contributed by atoms with Crippen molar-refractivity contribution in [3.63, 3.8) is 0 Å². The quantitative estimate of drug-likeness (QED) is 0.478. The lowest BCUT2D eigenvalue weighted by Crippen LogP contribution is -2.66. The Hall–Kier alpha value is -3.53. The predicted molar refractivity (Wildman–Crippen MR) is 166 cm³/mol. The monoisotopic (exact) mass is 590 g/mol. The zero-order chi connectivity index (χ0) is 31.7. The highest BCUT2D eigenvalue weighted by atomic mass is 16.5. The van der Waals surface area contributed by atoms with Crippen molar-refractivity contribution >= 4 is 23.4 Å². The van der Waals surface area contributed by atoms with E-state index in [9.17, 15) is 19.5 Å². The molecular weight excluding hydrogens is 544 g/mol. The number of nitrogens with one attached hydrogen (secondary N) is 1. The third kappa shape index (κ3) is 7.00. The Morgan fingerprint density at radius 1 is 1.07 bits per heavy atom. The second-order valence-corrected chi connectivity index (χ2v) is 13.6. The molecule has 1 fully saturated rings. The summed E-state index contributed by atoms with van der Waals surface area (Å²) in [5, 5.41) is 18.0. The van der Waals surface area contributed by atoms with Crippen LogP contribution in [-0.2, 0) is 25.5 Å². The van der Waals surface area contributed by atoms with Crippen molar-refractivity contribution in [1.29, 1.82) is 0 Å². The Morgan fingerprint density at radius 2 is 1.65 bits per heavy atom. The number of carbonyl (C=O) groups excluding carboxylic acids is 3. The minimum atomic E-state index is -1.19. The lowest BCUT2D eigenvalue weighted by Gasteiger charge is -2.49. The summed E-state index contributed by atoms with van der Waals surface area (Å²) in [4.78, 5) is 43.7. The second-order valence-electron chi connectivity index (χ2n) is 13.6. The van der Waals surface area contributed by atoms with Gasteiger partial charge in [-0.25, -0.2) is 10.0 Å². The summed E-state index contributed by atoms with van der Waals surface area (Å²) in [5.41, 5.74) is 0.783. The molecule has 3 amide bonds. The minimum absolute atomic E-state index is 0.200. The molecule has 2 aromatic carbocycles. The van der Waals surface area contributed by atoms with Crippen LogP contribution in [0.4, 0.5) is 0 Å². The first-order valence-corrected chi connectivity index (χ1v) is 15.0. The number of hydrazine groups is 1. The molecule has 9 nitrogen and oxygen atoms in total. The van der Waals surface area contributed by atoms with Crippen molar-refractivity contribution in [2.75, 3.05) is 6.61 Å². The van der Waals surface area contributed by atoms with E-state index in [1.807, 2.05) is 109 Å². The molecule has 2 aliphatic rings. The summed E-state index contributed by atoms with van der Waals surface area (Å²) in [7, 11) is 0. The number of hydrogen-bond donors (Lipinski definition) is 2. The number of hydrogen-bond acceptors (Lipinski definition) is 6. The zero-order valence-electron chi connectivity index (χ0n) is 26.6. The van der Waals surface area contributed by atoms with Gasteiger partial charge in [0.2, 0.25) is 11.8 Å². The first-order chi connectivity index (χ1) is 20.1. The van der Waals surface area contributed by atoms with Crippen LogP contribution < -0.4 is 5.32 Å². The molecular formula is C34H46N4O5. The average molecular weight is 591 g/mol. The van der Waals surface area contributed by atoms with E-state index in [4.69, 9.17) is 4.74 Å². The van der Waals surface area contributed by atoms with Gasteiger partial charge in [-0.3, -0.25) is 19.7 Å². The van der Waals surface area contributed by atoms with Crippen LogP contribution in [0.3, 0.4) is 0 Å². The van der Waals surface area contributed by atoms with E-state index in [0.29, 0.717) is 17.9 Å². The molecule has 43 heavy (non-hydrogen) atoms. The number of nitrogens with zero attached hydrogens (tertiary/aromatic N) is 3. The first kappa shape index (κ1) is 32.4. The van der Waals surface area contributed by atoms with Crippen LogP contribution in [0.15, 0.2) is 66.9 Å². The van der Waals surface area contributed by atoms with Crippen LogP contribution in [0.25, 0.3) is 5.70 Å². The smallest absolute Gasteiger partial charge is 0.269 e. The van der Waals surface area contributed by atoms with Crippen molar-refractivity contribution in [1.82, 2.24) is 20.2 Å². The van der Waals surface area contributed by atoms with Gasteiger partial charge in [0, 0.05) is 29.6 Å². The Bertz CT molecular complexity index is 1340. The topological polar surface area (TPSA) is 102 Å². The molecule has 1 saturated heterocycles. The molecule has 2 N–H and O–H groups in total. The van der Waals surface area contributed by atoms with Gasteiger partial charge in [0.05, 0.1) is 18.3 Å². The molecule has 0 saturated carbocycles. The van der Waals surface area contributed by atoms with Gasteiger partial charge >= 0.3 is 0 Å². The fraction of sp³-hybridized carbons (Fsp3) is 0.500. The van der Waals surface area contributed by atoms with Gasteiger partial charge in [0.1, 0.15) is 18.4 Å². The van der Waals surface area contributed by atoms with Gasteiger partial charge in [0.25, 0.3) is 5.91 Å². The van der Waals surface area contributed by atoms with E-state index in [1.54, 1.807) is 6.20 Å². The molecule has 232 valence electrons. The Morgan fingerprint density at radius 3 is 2.14 bits per heavy atom. The SMILES string of the molecule is CC(=O)N([C@@H](Cc1ccccc1)C(O)C1NC(C)(C)CO1)N1C(=O)C(C(C)C)N(C(=O)C(C)(C)C)C=C1c1ccccc1. The Balaban J connectivity index is 1.91. The van der Waals surface area contributed by atoms with Crippen LogP contribution in [0.2, 0.25) is 0 Å². The van der Waals surface area contributed by atoms with E-state index in [2.05, 4.69) is 5.32 Å². The Labute approximate surface area is 255 Å². The molecule has 2 aromatic rings. The molecule has 0 spiro atoms. The van der Waals surface area contributed by atoms with E-state index in [1.165, 1.54) is 21.8 Å². The first-order valence-electron chi connectivity index (χ1n) is 15.0. The number of ether oxygens (including phenoxy) is 1. The average Bonchev–Trinajstić information content (AvgIpc) is 3.31. The third-order valence-electron chi connectivity index (χ3n) is 7.83. The number of carbonyl (C=O) groups is 3. The molecule has 4 atom stereocenters. The third-order valence-corrected chi connectivity index (χ3v) is 7.83. The number of amides is 3. The minimum Gasteiger partial charge on any atom is -0.387 e. The van der Waals surface area contributed by atoms with Crippen LogP contribution in [0, 0.1) is 11.3 Å². The van der Waals surface area contributed by atoms with Crippen LogP contribution >= 0.6 is 0 Å². The van der Waals surface area contributed by atoms with Crippen molar-refractivity contribution in [3.8, 4) is 0 Å². The maximum absolute atomic E-state index is 14.7. The summed E-state index contributed by atoms with van der Waals surface area (Å²) in [6.45, 7) is 15.0. The highest BCUT2D eigenvalue weighted by Crippen LogP contribution is 2.36. The summed E-state index contributed by atoms with van der Waals surface area (Å²) in [6.07, 6.45) is -0.0200. The molecule has 2 heterocycles. The lowest BCUT2D eigenvalue weighted by molar-refractivity contribution is -0.175. The molecule has 3 unspecified atom stereocenters. The Kier molecular flexibility index (Phi) is 9.49. The number of benzene rings is 2. The number of aliphatic hydroxyl groups excluding tert-OH is 1. The van der Waals surface area contributed by atoms with Gasteiger partial charge in [-0.05, 0) is 31.7 Å². The van der Waals surface area contributed by atoms with Gasteiger partial charge in [-0.2, -0.15) is 0 Å². The van der Waals surface area contributed by atoms with Crippen molar-refractivity contribution in [2.45, 2.75) is 91.8 Å². The van der Waals surface area contributed by atoms with Gasteiger partial charge in [-0.15, -0.1) is 0 Å². The van der Waals surface area contributed by atoms with Gasteiger partial charge < -0.3 is 14.7 Å². The van der Waals surface area contributed by atoms with Crippen LogP contribution in [0.1, 0.15) is 66.5 Å². The van der Waals surface area contributed by atoms with E-state index >= 15 is 0 Å². The fourth-order valence-electron chi connectivity index (χ4n) is 5.72. The van der Waals surface area contributed by atoms with Gasteiger partial charge in [0.15, 0.2) is 0 Å². The molecule has 9 heteroatoms. The van der Waals surface area contributed by atoms with Gasteiger partial charge in [-0.1, -0.05) is 95.3 Å². The molecule has 0 aliphatic carbocycles. The van der Waals surface area contributed by atoms with E-state index < -0.39 is 41.6 Å². The van der Waals surface area contributed by atoms with Crippen molar-refractivity contribution in [3.05, 3.63) is 78.0 Å². The molecule has 0 bridgehead atoms. The molecule has 4 rings (SSSR count). The maximum Gasteiger partial charge on any atom is 0.269 e. The molecule has 0 aromatic heterocycles. The maximum atomic E-state index is 14.7. The highest BCUT2D eigenvalue weighted by Gasteiger charge is 2.49. The molecule has 0 radical (unpaired) electrons. The lowest BCUT2D eigenvalue weighted by atomic mass is 9.90. The number of aliphatic hydroxyl groups is 1. The second kappa shape index (κ2) is 12.6. The normalized spacial score (nSPS) is 21.9. The summed E-state index contributed by atoms with van der Waals surface area (Å²) >= 11 is 0. The molecule has 2 aliphatic heterocycles. The zero-order valence-corrected chi connectivity index (χ0v) is 26.6. The largest absolute Gasteiger partial charge is 0.387 e.